The molecule has 0 aromatic carbocycles. The second-order valence-corrected chi connectivity index (χ2v) is 7.17. The van der Waals surface area contributed by atoms with Crippen LogP contribution in [0.15, 0.2) is 29.5 Å². The number of H-pyrrole nitrogens is 1. The first-order valence-corrected chi connectivity index (χ1v) is 9.32. The van der Waals surface area contributed by atoms with Crippen LogP contribution in [0.3, 0.4) is 0 Å². The molecule has 25 heavy (non-hydrogen) atoms. The summed E-state index contributed by atoms with van der Waals surface area (Å²) in [6.07, 6.45) is 7.19. The first kappa shape index (κ1) is 16.4. The van der Waals surface area contributed by atoms with Crippen LogP contribution in [0.4, 0.5) is 0 Å². The third kappa shape index (κ3) is 3.35. The van der Waals surface area contributed by atoms with Gasteiger partial charge in [-0.15, -0.1) is 0 Å². The number of likely N-dealkylation sites (tertiary alicyclic amines) is 1. The van der Waals surface area contributed by atoms with Gasteiger partial charge in [0.15, 0.2) is 5.96 Å². The van der Waals surface area contributed by atoms with Gasteiger partial charge in [0.2, 0.25) is 0 Å². The number of nitrogens with zero attached hydrogens (tertiary/aromatic N) is 3. The van der Waals surface area contributed by atoms with Gasteiger partial charge in [-0.3, -0.25) is 4.99 Å². The molecule has 4 rings (SSSR count). The molecule has 0 bridgehead atoms. The molecule has 2 aliphatic heterocycles. The highest BCUT2D eigenvalue weighted by atomic mass is 16.5. The van der Waals surface area contributed by atoms with E-state index in [4.69, 9.17) is 9.73 Å². The Bertz CT molecular complexity index is 747. The molecule has 6 heteroatoms. The number of aromatic amines is 1. The average molecular weight is 341 g/mol. The van der Waals surface area contributed by atoms with E-state index in [1.54, 1.807) is 0 Å². The second-order valence-electron chi connectivity index (χ2n) is 7.17. The summed E-state index contributed by atoms with van der Waals surface area (Å²) in [5.74, 6) is 1.05. The SMILES string of the molecule is CCNC(=NCCc1c[nH]c2ncccc12)N1CCC2(CCOC2)C1. The van der Waals surface area contributed by atoms with Crippen LogP contribution >= 0.6 is 0 Å². The molecule has 6 nitrogen and oxygen atoms in total. The number of fused-ring (bicyclic) bond motifs is 1. The van der Waals surface area contributed by atoms with Gasteiger partial charge in [-0.1, -0.05) is 0 Å². The Morgan fingerprint density at radius 3 is 3.28 bits per heavy atom. The fourth-order valence-corrected chi connectivity index (χ4v) is 4.01. The number of guanidine groups is 1. The lowest BCUT2D eigenvalue weighted by Gasteiger charge is -2.25. The number of aliphatic imine (C=N–C) groups is 1. The lowest BCUT2D eigenvalue weighted by atomic mass is 9.87. The maximum absolute atomic E-state index is 5.64. The highest BCUT2D eigenvalue weighted by molar-refractivity contribution is 5.81. The molecule has 2 aliphatic rings. The third-order valence-electron chi connectivity index (χ3n) is 5.44. The summed E-state index contributed by atoms with van der Waals surface area (Å²) in [5.41, 5.74) is 2.60. The molecule has 134 valence electrons. The second kappa shape index (κ2) is 7.04. The summed E-state index contributed by atoms with van der Waals surface area (Å²) in [7, 11) is 0. The number of hydrogen-bond acceptors (Lipinski definition) is 3. The van der Waals surface area contributed by atoms with Gasteiger partial charge < -0.3 is 19.9 Å². The van der Waals surface area contributed by atoms with Crippen molar-refractivity contribution in [3.05, 3.63) is 30.1 Å². The van der Waals surface area contributed by atoms with Crippen molar-refractivity contribution >= 4 is 17.0 Å². The summed E-state index contributed by atoms with van der Waals surface area (Å²) in [4.78, 5) is 14.9. The van der Waals surface area contributed by atoms with E-state index < -0.39 is 0 Å². The molecule has 2 fully saturated rings. The average Bonchev–Trinajstić information content (AvgIpc) is 3.36. The quantitative estimate of drug-likeness (QED) is 0.661. The van der Waals surface area contributed by atoms with E-state index in [0.29, 0.717) is 5.41 Å². The van der Waals surface area contributed by atoms with Crippen molar-refractivity contribution in [2.24, 2.45) is 10.4 Å². The highest BCUT2D eigenvalue weighted by Gasteiger charge is 2.42. The minimum absolute atomic E-state index is 0.360. The molecule has 1 atom stereocenters. The van der Waals surface area contributed by atoms with Gasteiger partial charge in [0.25, 0.3) is 0 Å². The van der Waals surface area contributed by atoms with Crippen LogP contribution in [0.25, 0.3) is 11.0 Å². The Morgan fingerprint density at radius 2 is 2.44 bits per heavy atom. The van der Waals surface area contributed by atoms with Crippen molar-refractivity contribution in [2.75, 3.05) is 39.4 Å². The number of nitrogens with one attached hydrogen (secondary N) is 2. The molecular weight excluding hydrogens is 314 g/mol. The highest BCUT2D eigenvalue weighted by Crippen LogP contribution is 2.38. The normalized spacial score (nSPS) is 23.9. The summed E-state index contributed by atoms with van der Waals surface area (Å²) in [5, 5.41) is 4.66. The standard InChI is InChI=1S/C19H27N5O/c1-2-20-18(24-10-6-19(13-24)7-11-25-14-19)22-9-5-15-12-23-17-16(15)4-3-8-21-17/h3-4,8,12H,2,5-7,9-11,13-14H2,1H3,(H,20,22)(H,21,23). The van der Waals surface area contributed by atoms with Crippen molar-refractivity contribution in [3.8, 4) is 0 Å². The monoisotopic (exact) mass is 341 g/mol. The number of hydrogen-bond donors (Lipinski definition) is 2. The Kier molecular flexibility index (Phi) is 4.61. The van der Waals surface area contributed by atoms with Gasteiger partial charge in [0.05, 0.1) is 6.61 Å². The topological polar surface area (TPSA) is 65.5 Å². The zero-order valence-corrected chi connectivity index (χ0v) is 14.9. The Balaban J connectivity index is 1.42. The first-order chi connectivity index (χ1) is 12.3. The van der Waals surface area contributed by atoms with Gasteiger partial charge in [0, 0.05) is 56.0 Å². The molecule has 0 aliphatic carbocycles. The molecule has 2 saturated heterocycles. The van der Waals surface area contributed by atoms with Crippen molar-refractivity contribution in [1.82, 2.24) is 20.2 Å². The summed E-state index contributed by atoms with van der Waals surface area (Å²) in [6, 6.07) is 4.10. The number of pyridine rings is 1. The minimum atomic E-state index is 0.360. The molecular formula is C19H27N5O. The van der Waals surface area contributed by atoms with Crippen LogP contribution in [-0.4, -0.2) is 60.2 Å². The molecule has 1 spiro atoms. The molecule has 2 aromatic rings. The van der Waals surface area contributed by atoms with Gasteiger partial charge in [0.1, 0.15) is 5.65 Å². The Labute approximate surface area is 148 Å². The lowest BCUT2D eigenvalue weighted by Crippen LogP contribution is -2.41. The number of rotatable bonds is 4. The zero-order chi connectivity index (χ0) is 17.1. The fraction of sp³-hybridized carbons (Fsp3) is 0.579. The van der Waals surface area contributed by atoms with Crippen molar-refractivity contribution in [2.45, 2.75) is 26.2 Å². The zero-order valence-electron chi connectivity index (χ0n) is 14.9. The van der Waals surface area contributed by atoms with E-state index in [9.17, 15) is 0 Å². The molecule has 0 amide bonds. The minimum Gasteiger partial charge on any atom is -0.381 e. The van der Waals surface area contributed by atoms with E-state index in [-0.39, 0.29) is 0 Å². The largest absolute Gasteiger partial charge is 0.381 e. The van der Waals surface area contributed by atoms with Crippen LogP contribution in [0.1, 0.15) is 25.3 Å². The van der Waals surface area contributed by atoms with Crippen LogP contribution in [0.5, 0.6) is 0 Å². The van der Waals surface area contributed by atoms with Crippen molar-refractivity contribution in [3.63, 3.8) is 0 Å². The van der Waals surface area contributed by atoms with E-state index in [1.807, 2.05) is 12.3 Å². The third-order valence-corrected chi connectivity index (χ3v) is 5.44. The van der Waals surface area contributed by atoms with Crippen LogP contribution in [0.2, 0.25) is 0 Å². The van der Waals surface area contributed by atoms with Gasteiger partial charge >= 0.3 is 0 Å². The van der Waals surface area contributed by atoms with Gasteiger partial charge in [-0.25, -0.2) is 4.98 Å². The van der Waals surface area contributed by atoms with E-state index >= 15 is 0 Å². The summed E-state index contributed by atoms with van der Waals surface area (Å²) < 4.78 is 5.64. The van der Waals surface area contributed by atoms with E-state index in [1.165, 1.54) is 23.8 Å². The van der Waals surface area contributed by atoms with Crippen LogP contribution in [-0.2, 0) is 11.2 Å². The van der Waals surface area contributed by atoms with E-state index in [2.05, 4.69) is 39.4 Å². The molecule has 2 aromatic heterocycles. The van der Waals surface area contributed by atoms with Crippen molar-refractivity contribution in [1.29, 1.82) is 0 Å². The molecule has 0 saturated carbocycles. The Hall–Kier alpha value is -2.08. The summed E-state index contributed by atoms with van der Waals surface area (Å²) >= 11 is 0. The van der Waals surface area contributed by atoms with Crippen LogP contribution in [0, 0.1) is 5.41 Å². The smallest absolute Gasteiger partial charge is 0.193 e. The van der Waals surface area contributed by atoms with Gasteiger partial charge in [-0.2, -0.15) is 0 Å². The fourth-order valence-electron chi connectivity index (χ4n) is 4.01. The predicted octanol–water partition coefficient (Wildman–Crippen LogP) is 2.18. The lowest BCUT2D eigenvalue weighted by molar-refractivity contribution is 0.156. The summed E-state index contributed by atoms with van der Waals surface area (Å²) in [6.45, 7) is 7.77. The maximum Gasteiger partial charge on any atom is 0.193 e. The molecule has 1 unspecified atom stereocenters. The molecule has 2 N–H and O–H groups in total. The molecule has 4 heterocycles. The first-order valence-electron chi connectivity index (χ1n) is 9.32. The number of ether oxygens (including phenoxy) is 1. The Morgan fingerprint density at radius 1 is 1.48 bits per heavy atom. The number of aromatic nitrogens is 2. The van der Waals surface area contributed by atoms with Gasteiger partial charge in [-0.05, 0) is 43.9 Å². The van der Waals surface area contributed by atoms with Crippen LogP contribution < -0.4 is 5.32 Å². The molecule has 0 radical (unpaired) electrons. The maximum atomic E-state index is 5.64. The van der Waals surface area contributed by atoms with E-state index in [0.717, 1.165) is 57.4 Å². The van der Waals surface area contributed by atoms with Crippen molar-refractivity contribution < 1.29 is 4.74 Å². The predicted molar refractivity (Wildman–Crippen MR) is 99.8 cm³/mol.